The summed E-state index contributed by atoms with van der Waals surface area (Å²) in [5, 5.41) is 0. The quantitative estimate of drug-likeness (QED) is 0.819. The molecule has 0 amide bonds. The molecular formula is C12H17NO2. The fraction of sp³-hybridized carbons (Fsp3) is 0.500. The van der Waals surface area contributed by atoms with E-state index in [9.17, 15) is 0 Å². The van der Waals surface area contributed by atoms with Gasteiger partial charge in [0.15, 0.2) is 0 Å². The lowest BCUT2D eigenvalue weighted by Gasteiger charge is -2.29. The Morgan fingerprint density at radius 2 is 2.20 bits per heavy atom. The number of benzene rings is 1. The first kappa shape index (κ1) is 10.5. The molecule has 0 aliphatic carbocycles. The molecule has 82 valence electrons. The van der Waals surface area contributed by atoms with Crippen molar-refractivity contribution in [3.05, 3.63) is 29.8 Å². The van der Waals surface area contributed by atoms with Gasteiger partial charge in [-0.1, -0.05) is 18.2 Å². The van der Waals surface area contributed by atoms with E-state index in [1.165, 1.54) is 0 Å². The van der Waals surface area contributed by atoms with Gasteiger partial charge in [0.05, 0.1) is 6.10 Å². The Kier molecular flexibility index (Phi) is 2.67. The highest BCUT2D eigenvalue weighted by Gasteiger charge is 2.41. The van der Waals surface area contributed by atoms with E-state index in [0.717, 1.165) is 11.3 Å². The van der Waals surface area contributed by atoms with Gasteiger partial charge in [0.2, 0.25) is 0 Å². The molecule has 0 fully saturated rings. The standard InChI is InChI=1S/C12H17NO2/c1-9(2)15-12(7-13)8-14-11-6-4-3-5-10(11)12/h3-6,9H,7-8,13H2,1-2H3. The van der Waals surface area contributed by atoms with Crippen LogP contribution < -0.4 is 10.5 Å². The molecular weight excluding hydrogens is 190 g/mol. The average molecular weight is 207 g/mol. The van der Waals surface area contributed by atoms with Crippen molar-refractivity contribution in [1.29, 1.82) is 0 Å². The molecule has 2 N–H and O–H groups in total. The van der Waals surface area contributed by atoms with E-state index in [1.54, 1.807) is 0 Å². The summed E-state index contributed by atoms with van der Waals surface area (Å²) < 4.78 is 11.5. The number of rotatable bonds is 3. The molecule has 2 rings (SSSR count). The van der Waals surface area contributed by atoms with Gasteiger partial charge in [0, 0.05) is 12.1 Å². The highest BCUT2D eigenvalue weighted by atomic mass is 16.6. The number of nitrogens with two attached hydrogens (primary N) is 1. The van der Waals surface area contributed by atoms with E-state index in [-0.39, 0.29) is 6.10 Å². The minimum atomic E-state index is -0.454. The van der Waals surface area contributed by atoms with Crippen LogP contribution in [0.5, 0.6) is 5.75 Å². The van der Waals surface area contributed by atoms with Crippen LogP contribution in [0.3, 0.4) is 0 Å². The largest absolute Gasteiger partial charge is 0.490 e. The Balaban J connectivity index is 2.36. The first-order valence-electron chi connectivity index (χ1n) is 5.28. The van der Waals surface area contributed by atoms with Crippen LogP contribution in [0.25, 0.3) is 0 Å². The highest BCUT2D eigenvalue weighted by Crippen LogP contribution is 2.39. The Morgan fingerprint density at radius 3 is 2.87 bits per heavy atom. The van der Waals surface area contributed by atoms with Crippen molar-refractivity contribution in [3.8, 4) is 5.75 Å². The molecule has 1 atom stereocenters. The van der Waals surface area contributed by atoms with Crippen molar-refractivity contribution in [2.75, 3.05) is 13.2 Å². The molecule has 1 aromatic carbocycles. The van der Waals surface area contributed by atoms with E-state index in [2.05, 4.69) is 0 Å². The second-order valence-electron chi connectivity index (χ2n) is 4.15. The van der Waals surface area contributed by atoms with Crippen molar-refractivity contribution in [3.63, 3.8) is 0 Å². The average Bonchev–Trinajstić information content (AvgIpc) is 2.58. The Hall–Kier alpha value is -1.06. The van der Waals surface area contributed by atoms with Gasteiger partial charge < -0.3 is 15.2 Å². The second-order valence-corrected chi connectivity index (χ2v) is 4.15. The summed E-state index contributed by atoms with van der Waals surface area (Å²) in [5.74, 6) is 0.892. The molecule has 1 aliphatic rings. The van der Waals surface area contributed by atoms with Crippen molar-refractivity contribution >= 4 is 0 Å². The number of ether oxygens (including phenoxy) is 2. The van der Waals surface area contributed by atoms with Crippen LogP contribution in [0, 0.1) is 0 Å². The molecule has 1 unspecified atom stereocenters. The van der Waals surface area contributed by atoms with Gasteiger partial charge in [0.1, 0.15) is 18.0 Å². The van der Waals surface area contributed by atoms with Gasteiger partial charge in [-0.15, -0.1) is 0 Å². The van der Waals surface area contributed by atoms with Crippen LogP contribution >= 0.6 is 0 Å². The lowest BCUT2D eigenvalue weighted by atomic mass is 9.96. The number of hydrogen-bond donors (Lipinski definition) is 1. The van der Waals surface area contributed by atoms with Gasteiger partial charge >= 0.3 is 0 Å². The SMILES string of the molecule is CC(C)OC1(CN)COc2ccccc21. The Morgan fingerprint density at radius 1 is 1.47 bits per heavy atom. The third-order valence-corrected chi connectivity index (χ3v) is 2.63. The normalized spacial score (nSPS) is 24.0. The van der Waals surface area contributed by atoms with E-state index >= 15 is 0 Å². The molecule has 3 heteroatoms. The summed E-state index contributed by atoms with van der Waals surface area (Å²) in [6, 6.07) is 7.93. The van der Waals surface area contributed by atoms with Gasteiger partial charge in [-0.25, -0.2) is 0 Å². The van der Waals surface area contributed by atoms with Gasteiger partial charge in [0.25, 0.3) is 0 Å². The summed E-state index contributed by atoms with van der Waals surface area (Å²) in [7, 11) is 0. The maximum absolute atomic E-state index is 5.92. The van der Waals surface area contributed by atoms with Crippen molar-refractivity contribution in [2.45, 2.75) is 25.6 Å². The highest BCUT2D eigenvalue weighted by molar-refractivity contribution is 5.42. The molecule has 3 nitrogen and oxygen atoms in total. The van der Waals surface area contributed by atoms with Crippen LogP contribution in [-0.4, -0.2) is 19.3 Å². The molecule has 1 heterocycles. The minimum absolute atomic E-state index is 0.142. The zero-order chi connectivity index (χ0) is 10.9. The zero-order valence-electron chi connectivity index (χ0n) is 9.19. The number of para-hydroxylation sites is 1. The molecule has 0 saturated heterocycles. The maximum atomic E-state index is 5.92. The lowest BCUT2D eigenvalue weighted by molar-refractivity contribution is -0.0871. The summed E-state index contributed by atoms with van der Waals surface area (Å²) >= 11 is 0. The predicted octanol–water partition coefficient (Wildman–Crippen LogP) is 1.66. The molecule has 0 spiro atoms. The molecule has 0 radical (unpaired) electrons. The molecule has 0 bridgehead atoms. The van der Waals surface area contributed by atoms with Crippen molar-refractivity contribution < 1.29 is 9.47 Å². The third kappa shape index (κ3) is 1.73. The van der Waals surface area contributed by atoms with Crippen LogP contribution in [0.2, 0.25) is 0 Å². The van der Waals surface area contributed by atoms with Crippen LogP contribution in [0.4, 0.5) is 0 Å². The van der Waals surface area contributed by atoms with Gasteiger partial charge in [-0.05, 0) is 19.9 Å². The van der Waals surface area contributed by atoms with E-state index < -0.39 is 5.60 Å². The van der Waals surface area contributed by atoms with Gasteiger partial charge in [-0.3, -0.25) is 0 Å². The predicted molar refractivity (Wildman–Crippen MR) is 58.9 cm³/mol. The molecule has 0 aromatic heterocycles. The smallest absolute Gasteiger partial charge is 0.143 e. The molecule has 15 heavy (non-hydrogen) atoms. The zero-order valence-corrected chi connectivity index (χ0v) is 9.19. The first-order valence-corrected chi connectivity index (χ1v) is 5.28. The minimum Gasteiger partial charge on any atom is -0.490 e. The monoisotopic (exact) mass is 207 g/mol. The number of fused-ring (bicyclic) bond motifs is 1. The van der Waals surface area contributed by atoms with E-state index in [4.69, 9.17) is 15.2 Å². The molecule has 1 aromatic rings. The summed E-state index contributed by atoms with van der Waals surface area (Å²) in [6.07, 6.45) is 0.142. The Labute approximate surface area is 90.2 Å². The van der Waals surface area contributed by atoms with Crippen molar-refractivity contribution in [1.82, 2.24) is 0 Å². The fourth-order valence-electron chi connectivity index (χ4n) is 2.01. The first-order chi connectivity index (χ1) is 7.18. The maximum Gasteiger partial charge on any atom is 0.143 e. The van der Waals surface area contributed by atoms with Crippen molar-refractivity contribution in [2.24, 2.45) is 5.73 Å². The van der Waals surface area contributed by atoms with E-state index in [0.29, 0.717) is 13.2 Å². The Bertz CT molecular complexity index is 351. The fourth-order valence-corrected chi connectivity index (χ4v) is 2.01. The molecule has 0 saturated carbocycles. The lowest BCUT2D eigenvalue weighted by Crippen LogP contribution is -2.41. The summed E-state index contributed by atoms with van der Waals surface area (Å²) in [5.41, 5.74) is 6.44. The van der Waals surface area contributed by atoms with E-state index in [1.807, 2.05) is 38.1 Å². The van der Waals surface area contributed by atoms with Gasteiger partial charge in [-0.2, -0.15) is 0 Å². The molecule has 1 aliphatic heterocycles. The van der Waals surface area contributed by atoms with Crippen LogP contribution in [0.1, 0.15) is 19.4 Å². The second kappa shape index (κ2) is 3.83. The van der Waals surface area contributed by atoms with Crippen LogP contribution in [0.15, 0.2) is 24.3 Å². The number of hydrogen-bond acceptors (Lipinski definition) is 3. The summed E-state index contributed by atoms with van der Waals surface area (Å²) in [6.45, 7) is 4.99. The third-order valence-electron chi connectivity index (χ3n) is 2.63. The van der Waals surface area contributed by atoms with Crippen LogP contribution in [-0.2, 0) is 10.3 Å². The topological polar surface area (TPSA) is 44.5 Å². The summed E-state index contributed by atoms with van der Waals surface area (Å²) in [4.78, 5) is 0.